The van der Waals surface area contributed by atoms with Gasteiger partial charge in [-0.2, -0.15) is 0 Å². The van der Waals surface area contributed by atoms with E-state index < -0.39 is 5.54 Å². The van der Waals surface area contributed by atoms with E-state index in [1.54, 1.807) is 19.2 Å². The zero-order chi connectivity index (χ0) is 19.6. The predicted molar refractivity (Wildman–Crippen MR) is 104 cm³/mol. The number of rotatable bonds is 6. The van der Waals surface area contributed by atoms with Gasteiger partial charge >= 0.3 is 5.97 Å². The van der Waals surface area contributed by atoms with Crippen molar-refractivity contribution in [1.29, 1.82) is 0 Å². The molecule has 0 fully saturated rings. The van der Waals surface area contributed by atoms with Gasteiger partial charge in [-0.25, -0.2) is 9.78 Å². The minimum atomic E-state index is -0.513. The molecule has 0 saturated carbocycles. The lowest BCUT2D eigenvalue weighted by atomic mass is 10.1. The molecule has 27 heavy (non-hydrogen) atoms. The van der Waals surface area contributed by atoms with E-state index in [9.17, 15) is 9.59 Å². The van der Waals surface area contributed by atoms with Crippen LogP contribution >= 0.6 is 11.3 Å². The Balaban J connectivity index is 1.81. The number of carbonyl (C=O) groups is 2. The Hall–Kier alpha value is -2.78. The van der Waals surface area contributed by atoms with E-state index in [1.165, 1.54) is 17.5 Å². The lowest BCUT2D eigenvalue weighted by molar-refractivity contribution is 0.0532. The fourth-order valence-corrected chi connectivity index (χ4v) is 3.32. The van der Waals surface area contributed by atoms with E-state index in [1.807, 2.05) is 19.9 Å². The third-order valence-corrected chi connectivity index (χ3v) is 4.69. The second kappa shape index (κ2) is 7.45. The van der Waals surface area contributed by atoms with Crippen LogP contribution in [0, 0.1) is 0 Å². The van der Waals surface area contributed by atoms with Gasteiger partial charge in [-0.3, -0.25) is 9.78 Å². The minimum Gasteiger partial charge on any atom is -0.462 e. The highest BCUT2D eigenvalue weighted by Gasteiger charge is 2.17. The number of fused-ring (bicyclic) bond motifs is 1. The van der Waals surface area contributed by atoms with Crippen molar-refractivity contribution in [3.8, 4) is 11.4 Å². The summed E-state index contributed by atoms with van der Waals surface area (Å²) in [7, 11) is 0. The Labute approximate surface area is 160 Å². The number of nitrogens with two attached hydrogens (primary N) is 1. The van der Waals surface area contributed by atoms with Gasteiger partial charge in [-0.1, -0.05) is 0 Å². The molecule has 0 saturated heterocycles. The van der Waals surface area contributed by atoms with E-state index in [4.69, 9.17) is 10.5 Å². The molecule has 8 nitrogen and oxygen atoms in total. The van der Waals surface area contributed by atoms with Crippen LogP contribution in [0.2, 0.25) is 0 Å². The first kappa shape index (κ1) is 19.0. The third kappa shape index (κ3) is 4.50. The Morgan fingerprint density at radius 1 is 1.33 bits per heavy atom. The maximum atomic E-state index is 12.2. The van der Waals surface area contributed by atoms with Crippen molar-refractivity contribution < 1.29 is 14.3 Å². The maximum Gasteiger partial charge on any atom is 0.348 e. The van der Waals surface area contributed by atoms with Crippen LogP contribution in [0.1, 0.15) is 40.9 Å². The summed E-state index contributed by atoms with van der Waals surface area (Å²) in [6.45, 7) is 6.08. The highest BCUT2D eigenvalue weighted by atomic mass is 32.1. The number of hydrogen-bond donors (Lipinski definition) is 3. The molecule has 142 valence electrons. The van der Waals surface area contributed by atoms with Crippen molar-refractivity contribution in [3.63, 3.8) is 0 Å². The van der Waals surface area contributed by atoms with Gasteiger partial charge in [0.2, 0.25) is 0 Å². The molecule has 3 heterocycles. The lowest BCUT2D eigenvalue weighted by Crippen LogP contribution is -2.45. The summed E-state index contributed by atoms with van der Waals surface area (Å²) in [6.07, 6.45) is 2.98. The van der Waals surface area contributed by atoms with Crippen molar-refractivity contribution in [3.05, 3.63) is 35.1 Å². The molecular weight excluding hydrogens is 366 g/mol. The van der Waals surface area contributed by atoms with E-state index in [0.29, 0.717) is 29.4 Å². The van der Waals surface area contributed by atoms with Crippen LogP contribution in [-0.4, -0.2) is 45.5 Å². The number of H-pyrrole nitrogens is 1. The van der Waals surface area contributed by atoms with E-state index >= 15 is 0 Å². The molecule has 0 unspecified atom stereocenters. The van der Waals surface area contributed by atoms with Crippen molar-refractivity contribution in [2.45, 2.75) is 26.3 Å². The SMILES string of the molecule is CCOC(=O)c1cc2[nH]c(-c3cncc(C(=O)NCC(C)(C)N)n3)cc2s1. The maximum absolute atomic E-state index is 12.2. The molecule has 0 bridgehead atoms. The number of esters is 1. The van der Waals surface area contributed by atoms with E-state index in [0.717, 1.165) is 10.2 Å². The first-order chi connectivity index (χ1) is 12.8. The molecular formula is C18H21N5O3S. The van der Waals surface area contributed by atoms with Gasteiger partial charge in [0.15, 0.2) is 0 Å². The summed E-state index contributed by atoms with van der Waals surface area (Å²) in [4.78, 5) is 36.3. The summed E-state index contributed by atoms with van der Waals surface area (Å²) in [6, 6.07) is 3.62. The molecule has 3 rings (SSSR count). The molecule has 0 aliphatic heterocycles. The molecule has 0 aromatic carbocycles. The standard InChI is InChI=1S/C18H21N5O3S/c1-4-26-17(25)15-6-11-14(27-15)5-10(22-11)12-7-20-8-13(23-12)16(24)21-9-18(2,3)19/h5-8,22H,4,9,19H2,1-3H3,(H,21,24). The van der Waals surface area contributed by atoms with Gasteiger partial charge in [-0.05, 0) is 32.9 Å². The third-order valence-electron chi connectivity index (χ3n) is 3.63. The fraction of sp³-hybridized carbons (Fsp3) is 0.333. The topological polar surface area (TPSA) is 123 Å². The van der Waals surface area contributed by atoms with Gasteiger partial charge in [0.1, 0.15) is 16.3 Å². The number of amides is 1. The van der Waals surface area contributed by atoms with Crippen molar-refractivity contribution in [2.75, 3.05) is 13.2 Å². The number of hydrogen-bond acceptors (Lipinski definition) is 7. The van der Waals surface area contributed by atoms with Crippen LogP contribution in [0.5, 0.6) is 0 Å². The molecule has 1 amide bonds. The lowest BCUT2D eigenvalue weighted by Gasteiger charge is -2.18. The molecule has 0 radical (unpaired) electrons. The fourth-order valence-electron chi connectivity index (χ4n) is 2.37. The Morgan fingerprint density at radius 2 is 2.11 bits per heavy atom. The van der Waals surface area contributed by atoms with Crippen LogP contribution in [0.3, 0.4) is 0 Å². The summed E-state index contributed by atoms with van der Waals surface area (Å²) in [5.74, 6) is -0.671. The minimum absolute atomic E-state index is 0.210. The predicted octanol–water partition coefficient (Wildman–Crippen LogP) is 2.33. The van der Waals surface area contributed by atoms with Gasteiger partial charge in [0, 0.05) is 12.1 Å². The zero-order valence-corrected chi connectivity index (χ0v) is 16.1. The number of nitrogens with one attached hydrogen (secondary N) is 2. The van der Waals surface area contributed by atoms with Crippen LogP contribution < -0.4 is 11.1 Å². The number of carbonyl (C=O) groups excluding carboxylic acids is 2. The highest BCUT2D eigenvalue weighted by Crippen LogP contribution is 2.30. The molecule has 0 spiro atoms. The normalized spacial score (nSPS) is 11.6. The quantitative estimate of drug-likeness (QED) is 0.558. The number of thiophene rings is 1. The first-order valence-corrected chi connectivity index (χ1v) is 9.27. The zero-order valence-electron chi connectivity index (χ0n) is 15.3. The molecule has 0 atom stereocenters. The number of ether oxygens (including phenoxy) is 1. The Morgan fingerprint density at radius 3 is 2.78 bits per heavy atom. The van der Waals surface area contributed by atoms with Gasteiger partial charge in [0.05, 0.1) is 34.9 Å². The molecule has 3 aromatic heterocycles. The number of aromatic amines is 1. The van der Waals surface area contributed by atoms with Gasteiger partial charge < -0.3 is 20.8 Å². The summed E-state index contributed by atoms with van der Waals surface area (Å²) < 4.78 is 5.91. The molecule has 0 aliphatic rings. The first-order valence-electron chi connectivity index (χ1n) is 8.46. The highest BCUT2D eigenvalue weighted by molar-refractivity contribution is 7.20. The van der Waals surface area contributed by atoms with Crippen molar-refractivity contribution in [2.24, 2.45) is 5.73 Å². The molecule has 4 N–H and O–H groups in total. The van der Waals surface area contributed by atoms with E-state index in [2.05, 4.69) is 20.3 Å². The van der Waals surface area contributed by atoms with Crippen LogP contribution in [-0.2, 0) is 4.74 Å². The monoisotopic (exact) mass is 387 g/mol. The van der Waals surface area contributed by atoms with Crippen LogP contribution in [0.15, 0.2) is 24.5 Å². The largest absolute Gasteiger partial charge is 0.462 e. The van der Waals surface area contributed by atoms with Crippen LogP contribution in [0.25, 0.3) is 21.6 Å². The smallest absolute Gasteiger partial charge is 0.348 e. The Kier molecular flexibility index (Phi) is 5.24. The van der Waals surface area contributed by atoms with Gasteiger partial charge in [-0.15, -0.1) is 11.3 Å². The second-order valence-electron chi connectivity index (χ2n) is 6.75. The molecule has 9 heteroatoms. The van der Waals surface area contributed by atoms with Crippen molar-refractivity contribution >= 4 is 33.4 Å². The van der Waals surface area contributed by atoms with Gasteiger partial charge in [0.25, 0.3) is 5.91 Å². The molecule has 0 aliphatic carbocycles. The number of nitrogens with zero attached hydrogens (tertiary/aromatic N) is 2. The van der Waals surface area contributed by atoms with Crippen LogP contribution in [0.4, 0.5) is 0 Å². The molecule has 3 aromatic rings. The Bertz CT molecular complexity index is 955. The second-order valence-corrected chi connectivity index (χ2v) is 7.84. The van der Waals surface area contributed by atoms with E-state index in [-0.39, 0.29) is 17.6 Å². The average Bonchev–Trinajstić information content (AvgIpc) is 3.18. The van der Waals surface area contributed by atoms with Crippen molar-refractivity contribution in [1.82, 2.24) is 20.3 Å². The number of aromatic nitrogens is 3. The average molecular weight is 387 g/mol. The summed E-state index contributed by atoms with van der Waals surface area (Å²) >= 11 is 1.34. The summed E-state index contributed by atoms with van der Waals surface area (Å²) in [5.41, 5.74) is 7.63. The summed E-state index contributed by atoms with van der Waals surface area (Å²) in [5, 5.41) is 2.75.